The maximum Gasteiger partial charge on any atom is 0.0482 e. The summed E-state index contributed by atoms with van der Waals surface area (Å²) in [5.74, 6) is 0. The molecule has 0 N–H and O–H groups in total. The van der Waals surface area contributed by atoms with Gasteiger partial charge in [-0.2, -0.15) is 0 Å². The van der Waals surface area contributed by atoms with Crippen molar-refractivity contribution in [1.29, 1.82) is 0 Å². The molecule has 1 atom stereocenters. The molecule has 1 saturated heterocycles. The summed E-state index contributed by atoms with van der Waals surface area (Å²) in [7, 11) is 8.70. The van der Waals surface area contributed by atoms with Crippen molar-refractivity contribution in [2.75, 3.05) is 41.3 Å². The lowest BCUT2D eigenvalue weighted by Gasteiger charge is -2.40. The van der Waals surface area contributed by atoms with Crippen LogP contribution in [0.25, 0.3) is 0 Å². The third kappa shape index (κ3) is 7.87. The average Bonchev–Trinajstić information content (AvgIpc) is 2.51. The van der Waals surface area contributed by atoms with Crippen LogP contribution >= 0.6 is 0 Å². The monoisotopic (exact) mass is 299 g/mol. The SMILES string of the molecule is C=C([C@@H](CC)N(C)C)N(C)C1CCN(C)CC1.CC.CC. The second-order valence-electron chi connectivity index (χ2n) is 5.52. The van der Waals surface area contributed by atoms with Gasteiger partial charge in [-0.3, -0.25) is 0 Å². The van der Waals surface area contributed by atoms with Gasteiger partial charge in [-0.1, -0.05) is 41.2 Å². The number of nitrogens with zero attached hydrogens (tertiary/aromatic N) is 3. The Morgan fingerprint density at radius 2 is 1.52 bits per heavy atom. The molecular weight excluding hydrogens is 258 g/mol. The van der Waals surface area contributed by atoms with Crippen molar-refractivity contribution in [3.63, 3.8) is 0 Å². The van der Waals surface area contributed by atoms with Gasteiger partial charge in [-0.25, -0.2) is 0 Å². The van der Waals surface area contributed by atoms with E-state index in [9.17, 15) is 0 Å². The number of likely N-dealkylation sites (tertiary alicyclic amines) is 1. The largest absolute Gasteiger partial charge is 0.374 e. The highest BCUT2D eigenvalue weighted by Crippen LogP contribution is 2.21. The molecule has 0 saturated carbocycles. The molecule has 128 valence electrons. The molecule has 1 aliphatic heterocycles. The van der Waals surface area contributed by atoms with Gasteiger partial charge in [0.1, 0.15) is 0 Å². The van der Waals surface area contributed by atoms with Crippen LogP contribution in [0.1, 0.15) is 53.9 Å². The van der Waals surface area contributed by atoms with Gasteiger partial charge in [0.15, 0.2) is 0 Å². The molecule has 0 aromatic rings. The van der Waals surface area contributed by atoms with E-state index >= 15 is 0 Å². The van der Waals surface area contributed by atoms with Crippen LogP contribution in [0.4, 0.5) is 0 Å². The maximum absolute atomic E-state index is 4.31. The normalized spacial score (nSPS) is 17.2. The quantitative estimate of drug-likeness (QED) is 0.762. The molecule has 1 heterocycles. The topological polar surface area (TPSA) is 9.72 Å². The molecule has 0 unspecified atom stereocenters. The van der Waals surface area contributed by atoms with Crippen molar-refractivity contribution in [2.45, 2.75) is 66.0 Å². The van der Waals surface area contributed by atoms with E-state index in [2.05, 4.69) is 56.4 Å². The van der Waals surface area contributed by atoms with Crippen molar-refractivity contribution in [1.82, 2.24) is 14.7 Å². The van der Waals surface area contributed by atoms with E-state index in [1.807, 2.05) is 27.7 Å². The lowest BCUT2D eigenvalue weighted by Crippen LogP contribution is -2.45. The standard InChI is InChI=1S/C14H29N3.2C2H6/c1-7-14(15(3)4)12(2)17(6)13-8-10-16(5)11-9-13;2*1-2/h13-14H,2,7-11H2,1,3-6H3;2*1-2H3/t14-;;/m1../s1. The van der Waals surface area contributed by atoms with E-state index in [0.717, 1.165) is 6.42 Å². The molecular formula is C18H41N3. The van der Waals surface area contributed by atoms with Crippen LogP contribution in [0.2, 0.25) is 0 Å². The Balaban J connectivity index is 0. The van der Waals surface area contributed by atoms with E-state index in [-0.39, 0.29) is 0 Å². The highest BCUT2D eigenvalue weighted by molar-refractivity contribution is 5.05. The van der Waals surface area contributed by atoms with Crippen molar-refractivity contribution in [2.24, 2.45) is 0 Å². The second-order valence-corrected chi connectivity index (χ2v) is 5.52. The second kappa shape index (κ2) is 13.1. The summed E-state index contributed by atoms with van der Waals surface area (Å²) in [5.41, 5.74) is 1.27. The Hall–Kier alpha value is -0.540. The minimum atomic E-state index is 0.472. The van der Waals surface area contributed by atoms with Crippen LogP contribution in [-0.2, 0) is 0 Å². The lowest BCUT2D eigenvalue weighted by atomic mass is 10.0. The van der Waals surface area contributed by atoms with E-state index in [4.69, 9.17) is 0 Å². The summed E-state index contributed by atoms with van der Waals surface area (Å²) >= 11 is 0. The molecule has 3 nitrogen and oxygen atoms in total. The summed E-state index contributed by atoms with van der Waals surface area (Å²) < 4.78 is 0. The predicted octanol–water partition coefficient (Wildman–Crippen LogP) is 3.92. The van der Waals surface area contributed by atoms with Crippen LogP contribution in [0, 0.1) is 0 Å². The molecule has 0 aromatic carbocycles. The van der Waals surface area contributed by atoms with Gasteiger partial charge < -0.3 is 14.7 Å². The summed E-state index contributed by atoms with van der Waals surface area (Å²) in [6.07, 6.45) is 3.65. The first-order chi connectivity index (χ1) is 9.97. The van der Waals surface area contributed by atoms with Crippen LogP contribution in [0.3, 0.4) is 0 Å². The number of rotatable bonds is 5. The van der Waals surface area contributed by atoms with Crippen LogP contribution in [0.5, 0.6) is 0 Å². The van der Waals surface area contributed by atoms with E-state index in [0.29, 0.717) is 12.1 Å². The minimum Gasteiger partial charge on any atom is -0.374 e. The van der Waals surface area contributed by atoms with Crippen LogP contribution in [-0.4, -0.2) is 68.1 Å². The van der Waals surface area contributed by atoms with Crippen molar-refractivity contribution in [3.8, 4) is 0 Å². The highest BCUT2D eigenvalue weighted by Gasteiger charge is 2.24. The molecule has 0 radical (unpaired) electrons. The van der Waals surface area contributed by atoms with Gasteiger partial charge in [0.25, 0.3) is 0 Å². The average molecular weight is 300 g/mol. The highest BCUT2D eigenvalue weighted by atomic mass is 15.2. The third-order valence-corrected chi connectivity index (χ3v) is 4.08. The zero-order valence-electron chi connectivity index (χ0n) is 16.2. The molecule has 21 heavy (non-hydrogen) atoms. The van der Waals surface area contributed by atoms with Crippen molar-refractivity contribution in [3.05, 3.63) is 12.3 Å². The van der Waals surface area contributed by atoms with Crippen molar-refractivity contribution < 1.29 is 0 Å². The zero-order chi connectivity index (χ0) is 17.0. The molecule has 0 spiro atoms. The molecule has 0 bridgehead atoms. The Morgan fingerprint density at radius 1 is 1.10 bits per heavy atom. The van der Waals surface area contributed by atoms with Gasteiger partial charge >= 0.3 is 0 Å². The van der Waals surface area contributed by atoms with Gasteiger partial charge in [0, 0.05) is 24.8 Å². The number of hydrogen-bond acceptors (Lipinski definition) is 3. The first kappa shape index (κ1) is 22.7. The molecule has 0 amide bonds. The molecule has 1 rings (SSSR count). The maximum atomic E-state index is 4.31. The fraction of sp³-hybridized carbons (Fsp3) is 0.889. The molecule has 0 aliphatic carbocycles. The zero-order valence-corrected chi connectivity index (χ0v) is 16.2. The summed E-state index contributed by atoms with van der Waals surface area (Å²) in [5, 5.41) is 0. The first-order valence-electron chi connectivity index (χ1n) is 8.74. The third-order valence-electron chi connectivity index (χ3n) is 4.08. The minimum absolute atomic E-state index is 0.472. The lowest BCUT2D eigenvalue weighted by molar-refractivity contribution is 0.150. The van der Waals surface area contributed by atoms with Gasteiger partial charge in [0.05, 0.1) is 0 Å². The molecule has 3 heteroatoms. The number of piperidine rings is 1. The molecule has 1 aliphatic rings. The fourth-order valence-corrected chi connectivity index (χ4v) is 2.75. The predicted molar refractivity (Wildman–Crippen MR) is 97.9 cm³/mol. The Labute approximate surface area is 135 Å². The van der Waals surface area contributed by atoms with Crippen LogP contribution < -0.4 is 0 Å². The summed E-state index contributed by atoms with van der Waals surface area (Å²) in [6.45, 7) is 17.0. The Kier molecular flexibility index (Phi) is 14.2. The van der Waals surface area contributed by atoms with E-state index < -0.39 is 0 Å². The smallest absolute Gasteiger partial charge is 0.0482 e. The Morgan fingerprint density at radius 3 is 1.86 bits per heavy atom. The molecule has 0 aromatic heterocycles. The van der Waals surface area contributed by atoms with Gasteiger partial charge in [0.2, 0.25) is 0 Å². The number of likely N-dealkylation sites (N-methyl/N-ethyl adjacent to an activating group) is 2. The first-order valence-corrected chi connectivity index (χ1v) is 8.74. The summed E-state index contributed by atoms with van der Waals surface area (Å²) in [4.78, 5) is 7.10. The fourth-order valence-electron chi connectivity index (χ4n) is 2.75. The van der Waals surface area contributed by atoms with E-state index in [1.165, 1.54) is 31.6 Å². The Bertz CT molecular complexity index is 243. The molecule has 1 fully saturated rings. The van der Waals surface area contributed by atoms with Crippen LogP contribution in [0.15, 0.2) is 12.3 Å². The van der Waals surface area contributed by atoms with E-state index in [1.54, 1.807) is 0 Å². The van der Waals surface area contributed by atoms with Gasteiger partial charge in [-0.15, -0.1) is 0 Å². The summed E-state index contributed by atoms with van der Waals surface area (Å²) in [6, 6.07) is 1.15. The number of hydrogen-bond donors (Lipinski definition) is 0. The van der Waals surface area contributed by atoms with Crippen molar-refractivity contribution >= 4 is 0 Å². The van der Waals surface area contributed by atoms with Gasteiger partial charge in [-0.05, 0) is 53.5 Å².